The zero-order valence-electron chi connectivity index (χ0n) is 16.3. The van der Waals surface area contributed by atoms with Gasteiger partial charge in [0.1, 0.15) is 28.7 Å². The van der Waals surface area contributed by atoms with Gasteiger partial charge in [0.05, 0.1) is 21.8 Å². The first-order valence-electron chi connectivity index (χ1n) is 9.46. The molecule has 1 atom stereocenters. The van der Waals surface area contributed by atoms with Crippen molar-refractivity contribution in [3.63, 3.8) is 0 Å². The maximum Gasteiger partial charge on any atom is 0.344 e. The Labute approximate surface area is 179 Å². The molecule has 2 aromatic carbocycles. The number of hydrogen-bond acceptors (Lipinski definition) is 8. The van der Waals surface area contributed by atoms with Crippen LogP contribution in [0.3, 0.4) is 0 Å². The first-order valence-corrected chi connectivity index (χ1v) is 9.46. The third-order valence-electron chi connectivity index (χ3n) is 5.23. The van der Waals surface area contributed by atoms with Gasteiger partial charge >= 0.3 is 5.63 Å². The number of nitriles is 1. The number of para-hydroxylation sites is 1. The molecule has 2 aromatic heterocycles. The van der Waals surface area contributed by atoms with E-state index in [0.717, 1.165) is 0 Å². The summed E-state index contributed by atoms with van der Waals surface area (Å²) in [7, 11) is 0. The van der Waals surface area contributed by atoms with Gasteiger partial charge in [-0.15, -0.1) is 0 Å². The highest BCUT2D eigenvalue weighted by Crippen LogP contribution is 2.44. The number of nitrogens with zero attached hydrogens (tertiary/aromatic N) is 2. The first-order chi connectivity index (χ1) is 15.5. The van der Waals surface area contributed by atoms with E-state index in [1.165, 1.54) is 12.1 Å². The van der Waals surface area contributed by atoms with E-state index < -0.39 is 16.5 Å². The van der Waals surface area contributed by atoms with E-state index in [1.807, 2.05) is 6.07 Å². The first kappa shape index (κ1) is 19.1. The van der Waals surface area contributed by atoms with Crippen LogP contribution in [-0.2, 0) is 0 Å². The lowest BCUT2D eigenvalue weighted by Crippen LogP contribution is -2.26. The summed E-state index contributed by atoms with van der Waals surface area (Å²) in [6, 6.07) is 18.0. The van der Waals surface area contributed by atoms with Crippen molar-refractivity contribution in [2.24, 2.45) is 5.73 Å². The number of nitrogens with two attached hydrogens (primary N) is 1. The molecule has 9 nitrogen and oxygen atoms in total. The molecule has 0 amide bonds. The molecule has 0 saturated heterocycles. The van der Waals surface area contributed by atoms with Crippen molar-refractivity contribution in [3.8, 4) is 23.1 Å². The molecule has 0 aliphatic carbocycles. The van der Waals surface area contributed by atoms with Crippen LogP contribution in [0.4, 0.5) is 5.69 Å². The minimum Gasteiger partial charge on any atom is -0.460 e. The Balaban J connectivity index is 1.70. The molecule has 156 valence electrons. The Bertz CT molecular complexity index is 1540. The molecular weight excluding hydrogens is 414 g/mol. The average Bonchev–Trinajstić information content (AvgIpc) is 3.28. The van der Waals surface area contributed by atoms with Gasteiger partial charge in [-0.05, 0) is 24.3 Å². The van der Waals surface area contributed by atoms with E-state index in [1.54, 1.807) is 48.5 Å². The van der Waals surface area contributed by atoms with E-state index in [0.29, 0.717) is 22.3 Å². The van der Waals surface area contributed by atoms with E-state index in [4.69, 9.17) is 19.3 Å². The fourth-order valence-electron chi connectivity index (χ4n) is 3.79. The van der Waals surface area contributed by atoms with Crippen LogP contribution in [0.1, 0.15) is 17.2 Å². The number of allylic oxidation sites excluding steroid dienone is 1. The number of hydrogen-bond donors (Lipinski definition) is 1. The standard InChI is InChI=1S/C23H13N3O6/c24-11-15-19(18-9-8-16(30-18)12-4-3-5-13(10-12)26(28)29)20-21(32-22(15)25)14-6-1-2-7-17(14)31-23(20)27/h1-10,19H,25H2/t19-/m1/s1. The SMILES string of the molecule is N#CC1=C(N)Oc2c(c(=O)oc3ccccc23)[C@H]1c1ccc(-c2cccc([N+](=O)[O-])c2)o1. The molecule has 5 rings (SSSR count). The van der Waals surface area contributed by atoms with Crippen LogP contribution < -0.4 is 16.1 Å². The zero-order valence-corrected chi connectivity index (χ0v) is 16.3. The molecule has 3 heterocycles. The van der Waals surface area contributed by atoms with Gasteiger partial charge in [-0.2, -0.15) is 5.26 Å². The van der Waals surface area contributed by atoms with Crippen molar-refractivity contribution in [2.75, 3.05) is 0 Å². The Kier molecular flexibility index (Phi) is 4.27. The summed E-state index contributed by atoms with van der Waals surface area (Å²) in [6.45, 7) is 0. The Morgan fingerprint density at radius 1 is 1.06 bits per heavy atom. The number of fused-ring (bicyclic) bond motifs is 3. The molecule has 0 spiro atoms. The number of nitro groups is 1. The third kappa shape index (κ3) is 2.90. The smallest absolute Gasteiger partial charge is 0.344 e. The molecule has 32 heavy (non-hydrogen) atoms. The number of furan rings is 1. The molecule has 1 aliphatic heterocycles. The minimum atomic E-state index is -0.961. The summed E-state index contributed by atoms with van der Waals surface area (Å²) in [5.74, 6) is -0.325. The van der Waals surface area contributed by atoms with E-state index in [-0.39, 0.29) is 34.2 Å². The van der Waals surface area contributed by atoms with E-state index in [9.17, 15) is 20.2 Å². The highest BCUT2D eigenvalue weighted by atomic mass is 16.6. The maximum atomic E-state index is 12.9. The monoisotopic (exact) mass is 427 g/mol. The van der Waals surface area contributed by atoms with Crippen molar-refractivity contribution in [2.45, 2.75) is 5.92 Å². The van der Waals surface area contributed by atoms with Crippen LogP contribution in [-0.4, -0.2) is 4.92 Å². The molecule has 0 bridgehead atoms. The second kappa shape index (κ2) is 7.14. The van der Waals surface area contributed by atoms with Crippen molar-refractivity contribution in [3.05, 3.63) is 104 Å². The van der Waals surface area contributed by atoms with Gasteiger partial charge in [0.2, 0.25) is 5.88 Å². The van der Waals surface area contributed by atoms with Crippen molar-refractivity contribution in [1.82, 2.24) is 0 Å². The lowest BCUT2D eigenvalue weighted by molar-refractivity contribution is -0.384. The molecule has 2 N–H and O–H groups in total. The average molecular weight is 427 g/mol. The topological polar surface area (TPSA) is 146 Å². The van der Waals surface area contributed by atoms with Crippen LogP contribution in [0.2, 0.25) is 0 Å². The fourth-order valence-corrected chi connectivity index (χ4v) is 3.79. The molecule has 9 heteroatoms. The second-order valence-corrected chi connectivity index (χ2v) is 7.06. The number of rotatable bonds is 3. The van der Waals surface area contributed by atoms with Crippen LogP contribution in [0.25, 0.3) is 22.3 Å². The normalized spacial score (nSPS) is 15.2. The largest absolute Gasteiger partial charge is 0.460 e. The quantitative estimate of drug-likeness (QED) is 0.291. The molecule has 0 radical (unpaired) electrons. The Morgan fingerprint density at radius 3 is 2.66 bits per heavy atom. The van der Waals surface area contributed by atoms with Gasteiger partial charge in [0.15, 0.2) is 5.75 Å². The molecule has 4 aromatic rings. The van der Waals surface area contributed by atoms with Crippen molar-refractivity contribution >= 4 is 16.7 Å². The summed E-state index contributed by atoms with van der Waals surface area (Å²) < 4.78 is 17.1. The van der Waals surface area contributed by atoms with Gasteiger partial charge in [0, 0.05) is 17.7 Å². The summed E-state index contributed by atoms with van der Waals surface area (Å²) in [4.78, 5) is 23.5. The molecular formula is C23H13N3O6. The van der Waals surface area contributed by atoms with E-state index in [2.05, 4.69) is 0 Å². The van der Waals surface area contributed by atoms with Gasteiger partial charge < -0.3 is 19.3 Å². The lowest BCUT2D eigenvalue weighted by Gasteiger charge is -2.24. The van der Waals surface area contributed by atoms with Crippen LogP contribution in [0, 0.1) is 21.4 Å². The Hall–Kier alpha value is -4.84. The Morgan fingerprint density at radius 2 is 1.88 bits per heavy atom. The molecule has 0 fully saturated rings. The van der Waals surface area contributed by atoms with Gasteiger partial charge in [0.25, 0.3) is 5.69 Å². The summed E-state index contributed by atoms with van der Waals surface area (Å²) in [5.41, 5.74) is 6.14. The van der Waals surface area contributed by atoms with Crippen LogP contribution >= 0.6 is 0 Å². The third-order valence-corrected chi connectivity index (χ3v) is 5.23. The number of ether oxygens (including phenoxy) is 1. The van der Waals surface area contributed by atoms with Crippen molar-refractivity contribution in [1.29, 1.82) is 5.26 Å². The predicted octanol–water partition coefficient (Wildman–Crippen LogP) is 4.18. The van der Waals surface area contributed by atoms with Crippen LogP contribution in [0.5, 0.6) is 5.75 Å². The highest BCUT2D eigenvalue weighted by molar-refractivity contribution is 5.85. The molecule has 0 saturated carbocycles. The van der Waals surface area contributed by atoms with Gasteiger partial charge in [-0.3, -0.25) is 10.1 Å². The highest BCUT2D eigenvalue weighted by Gasteiger charge is 2.37. The number of non-ortho nitro benzene ring substituents is 1. The maximum absolute atomic E-state index is 12.9. The van der Waals surface area contributed by atoms with Gasteiger partial charge in [-0.25, -0.2) is 4.79 Å². The fraction of sp³-hybridized carbons (Fsp3) is 0.0435. The molecule has 1 aliphatic rings. The zero-order chi connectivity index (χ0) is 22.4. The summed E-state index contributed by atoms with van der Waals surface area (Å²) in [6.07, 6.45) is 0. The van der Waals surface area contributed by atoms with Crippen molar-refractivity contribution < 1.29 is 18.5 Å². The van der Waals surface area contributed by atoms with Crippen LogP contribution in [0.15, 0.2) is 85.7 Å². The number of benzene rings is 2. The summed E-state index contributed by atoms with van der Waals surface area (Å²) >= 11 is 0. The van der Waals surface area contributed by atoms with E-state index >= 15 is 0 Å². The van der Waals surface area contributed by atoms with Gasteiger partial charge in [-0.1, -0.05) is 24.3 Å². The number of nitro benzene ring substituents is 1. The minimum absolute atomic E-state index is 0.0000216. The second-order valence-electron chi connectivity index (χ2n) is 7.06. The molecule has 0 unspecified atom stereocenters. The lowest BCUT2D eigenvalue weighted by atomic mass is 9.87. The predicted molar refractivity (Wildman–Crippen MR) is 113 cm³/mol. The summed E-state index contributed by atoms with van der Waals surface area (Å²) in [5, 5.41) is 21.3.